The van der Waals surface area contributed by atoms with Gasteiger partial charge in [0.15, 0.2) is 0 Å². The Labute approximate surface area is 190 Å². The summed E-state index contributed by atoms with van der Waals surface area (Å²) in [5, 5.41) is 12.4. The number of carbonyl (C=O) groups excluding carboxylic acids is 2. The third kappa shape index (κ3) is 6.22. The summed E-state index contributed by atoms with van der Waals surface area (Å²) in [6, 6.07) is 5.14. The molecular weight excluding hydrogens is 408 g/mol. The summed E-state index contributed by atoms with van der Waals surface area (Å²) < 4.78 is 0. The second-order valence-electron chi connectivity index (χ2n) is 9.80. The average molecular weight is 445 g/mol. The van der Waals surface area contributed by atoms with Crippen LogP contribution in [0.15, 0.2) is 18.2 Å². The van der Waals surface area contributed by atoms with Crippen LogP contribution < -0.4 is 10.2 Å². The van der Waals surface area contributed by atoms with Gasteiger partial charge in [-0.1, -0.05) is 33.6 Å². The number of piperazine rings is 1. The first-order chi connectivity index (χ1) is 15.1. The SMILES string of the molecule is CC(C)(C)C(=O)Nc1ccc(N2CCN(CC(=O)N3CCCCCC3)CC2)cc1C(=O)O. The van der Waals surface area contributed by atoms with Crippen LogP contribution in [0.2, 0.25) is 0 Å². The topological polar surface area (TPSA) is 93.2 Å². The molecule has 8 heteroatoms. The largest absolute Gasteiger partial charge is 0.478 e. The van der Waals surface area contributed by atoms with Crippen molar-refractivity contribution in [1.82, 2.24) is 9.80 Å². The quantitative estimate of drug-likeness (QED) is 0.725. The van der Waals surface area contributed by atoms with Crippen LogP contribution in [-0.4, -0.2) is 78.5 Å². The van der Waals surface area contributed by atoms with Crippen molar-refractivity contribution in [3.8, 4) is 0 Å². The van der Waals surface area contributed by atoms with Gasteiger partial charge in [-0.05, 0) is 31.0 Å². The van der Waals surface area contributed by atoms with Crippen LogP contribution in [-0.2, 0) is 9.59 Å². The molecule has 2 aliphatic heterocycles. The summed E-state index contributed by atoms with van der Waals surface area (Å²) in [4.78, 5) is 43.1. The van der Waals surface area contributed by atoms with Gasteiger partial charge in [-0.2, -0.15) is 0 Å². The van der Waals surface area contributed by atoms with Gasteiger partial charge in [0.2, 0.25) is 11.8 Å². The highest BCUT2D eigenvalue weighted by molar-refractivity contribution is 6.02. The number of aromatic carboxylic acids is 1. The lowest BCUT2D eigenvalue weighted by Gasteiger charge is -2.36. The fourth-order valence-electron chi connectivity index (χ4n) is 4.10. The lowest BCUT2D eigenvalue weighted by Crippen LogP contribution is -2.50. The van der Waals surface area contributed by atoms with Crippen LogP contribution in [0.25, 0.3) is 0 Å². The smallest absolute Gasteiger partial charge is 0.337 e. The van der Waals surface area contributed by atoms with E-state index in [4.69, 9.17) is 0 Å². The zero-order valence-electron chi connectivity index (χ0n) is 19.5. The number of nitrogens with one attached hydrogen (secondary N) is 1. The predicted molar refractivity (Wildman–Crippen MR) is 125 cm³/mol. The van der Waals surface area contributed by atoms with E-state index in [2.05, 4.69) is 15.1 Å². The molecule has 0 aromatic heterocycles. The van der Waals surface area contributed by atoms with Crippen molar-refractivity contribution < 1.29 is 19.5 Å². The maximum atomic E-state index is 12.7. The molecule has 0 aliphatic carbocycles. The molecule has 0 saturated carbocycles. The van der Waals surface area contributed by atoms with Gasteiger partial charge in [0.1, 0.15) is 0 Å². The van der Waals surface area contributed by atoms with E-state index in [0.717, 1.165) is 57.8 Å². The lowest BCUT2D eigenvalue weighted by atomic mass is 9.95. The molecule has 0 unspecified atom stereocenters. The number of amides is 2. The molecule has 2 heterocycles. The highest BCUT2D eigenvalue weighted by Crippen LogP contribution is 2.26. The van der Waals surface area contributed by atoms with Gasteiger partial charge in [0.05, 0.1) is 17.8 Å². The van der Waals surface area contributed by atoms with Gasteiger partial charge < -0.3 is 20.2 Å². The molecule has 1 aromatic rings. The van der Waals surface area contributed by atoms with Crippen molar-refractivity contribution >= 4 is 29.2 Å². The molecule has 2 saturated heterocycles. The Morgan fingerprint density at radius 2 is 1.56 bits per heavy atom. The molecule has 0 spiro atoms. The van der Waals surface area contributed by atoms with Crippen LogP contribution >= 0.6 is 0 Å². The number of hydrogen-bond donors (Lipinski definition) is 2. The monoisotopic (exact) mass is 444 g/mol. The molecule has 1 aromatic carbocycles. The van der Waals surface area contributed by atoms with Crippen LogP contribution in [0.3, 0.4) is 0 Å². The maximum Gasteiger partial charge on any atom is 0.337 e. The Bertz CT molecular complexity index is 833. The van der Waals surface area contributed by atoms with E-state index >= 15 is 0 Å². The number of hydrogen-bond acceptors (Lipinski definition) is 5. The van der Waals surface area contributed by atoms with Gasteiger partial charge >= 0.3 is 5.97 Å². The standard InChI is InChI=1S/C24H36N4O4/c1-24(2,3)23(32)25-20-9-8-18(16-19(20)22(30)31)27-14-12-26(13-15-27)17-21(29)28-10-6-4-5-7-11-28/h8-9,16H,4-7,10-15,17H2,1-3H3,(H,25,32)(H,30,31). The van der Waals surface area contributed by atoms with Crippen molar-refractivity contribution in [3.05, 3.63) is 23.8 Å². The second kappa shape index (κ2) is 10.3. The Morgan fingerprint density at radius 1 is 0.938 bits per heavy atom. The van der Waals surface area contributed by atoms with Crippen LogP contribution in [0, 0.1) is 5.41 Å². The van der Waals surface area contributed by atoms with Crippen LogP contribution in [0.4, 0.5) is 11.4 Å². The Kier molecular flexibility index (Phi) is 7.77. The zero-order chi connectivity index (χ0) is 23.3. The summed E-state index contributed by atoms with van der Waals surface area (Å²) >= 11 is 0. The molecule has 3 rings (SSSR count). The maximum absolute atomic E-state index is 12.7. The third-order valence-electron chi connectivity index (χ3n) is 6.22. The molecule has 0 radical (unpaired) electrons. The van der Waals surface area contributed by atoms with E-state index in [0.29, 0.717) is 12.2 Å². The fourth-order valence-corrected chi connectivity index (χ4v) is 4.10. The molecule has 0 bridgehead atoms. The fraction of sp³-hybridized carbons (Fsp3) is 0.625. The van der Waals surface area contributed by atoms with E-state index in [1.54, 1.807) is 32.9 Å². The Balaban J connectivity index is 1.60. The predicted octanol–water partition coefficient (Wildman–Crippen LogP) is 2.89. The summed E-state index contributed by atoms with van der Waals surface area (Å²) in [7, 11) is 0. The molecule has 32 heavy (non-hydrogen) atoms. The van der Waals surface area contributed by atoms with E-state index in [1.165, 1.54) is 12.8 Å². The third-order valence-corrected chi connectivity index (χ3v) is 6.22. The molecule has 2 amide bonds. The first-order valence-corrected chi connectivity index (χ1v) is 11.6. The van der Waals surface area contributed by atoms with Crippen LogP contribution in [0.1, 0.15) is 56.8 Å². The highest BCUT2D eigenvalue weighted by Gasteiger charge is 2.25. The summed E-state index contributed by atoms with van der Waals surface area (Å²) in [5.74, 6) is -1.08. The van der Waals surface area contributed by atoms with Gasteiger partial charge in [-0.15, -0.1) is 0 Å². The Morgan fingerprint density at radius 3 is 2.12 bits per heavy atom. The minimum absolute atomic E-state index is 0.0823. The summed E-state index contributed by atoms with van der Waals surface area (Å²) in [6.07, 6.45) is 4.61. The lowest BCUT2D eigenvalue weighted by molar-refractivity contribution is -0.132. The minimum Gasteiger partial charge on any atom is -0.478 e. The van der Waals surface area contributed by atoms with Crippen molar-refractivity contribution in [2.24, 2.45) is 5.41 Å². The molecular formula is C24H36N4O4. The summed E-state index contributed by atoms with van der Waals surface area (Å²) in [6.45, 7) is 10.5. The number of anilines is 2. The number of likely N-dealkylation sites (tertiary alicyclic amines) is 1. The number of nitrogens with zero attached hydrogens (tertiary/aromatic N) is 3. The van der Waals surface area contributed by atoms with Crippen molar-refractivity contribution in [1.29, 1.82) is 0 Å². The van der Waals surface area contributed by atoms with Crippen molar-refractivity contribution in [3.63, 3.8) is 0 Å². The number of rotatable bonds is 5. The normalized spacial score (nSPS) is 18.2. The molecule has 2 fully saturated rings. The Hall–Kier alpha value is -2.61. The molecule has 8 nitrogen and oxygen atoms in total. The summed E-state index contributed by atoms with van der Waals surface area (Å²) in [5.41, 5.74) is 0.589. The van der Waals surface area contributed by atoms with E-state index in [-0.39, 0.29) is 17.4 Å². The first kappa shape index (κ1) is 24.0. The molecule has 2 aliphatic rings. The van der Waals surface area contributed by atoms with Crippen molar-refractivity contribution in [2.45, 2.75) is 46.5 Å². The number of carbonyl (C=O) groups is 3. The van der Waals surface area contributed by atoms with Gasteiger partial charge in [-0.25, -0.2) is 4.79 Å². The second-order valence-corrected chi connectivity index (χ2v) is 9.80. The molecule has 0 atom stereocenters. The average Bonchev–Trinajstić information content (AvgIpc) is 3.03. The van der Waals surface area contributed by atoms with E-state index in [1.807, 2.05) is 11.0 Å². The first-order valence-electron chi connectivity index (χ1n) is 11.6. The van der Waals surface area contributed by atoms with Gasteiger partial charge in [0, 0.05) is 50.4 Å². The van der Waals surface area contributed by atoms with Crippen LogP contribution in [0.5, 0.6) is 0 Å². The van der Waals surface area contributed by atoms with Gasteiger partial charge in [-0.3, -0.25) is 14.5 Å². The molecule has 176 valence electrons. The number of benzene rings is 1. The highest BCUT2D eigenvalue weighted by atomic mass is 16.4. The number of carboxylic acid groups (broad SMARTS) is 1. The number of carboxylic acids is 1. The van der Waals surface area contributed by atoms with Crippen molar-refractivity contribution in [2.75, 3.05) is 56.0 Å². The van der Waals surface area contributed by atoms with E-state index in [9.17, 15) is 19.5 Å². The molecule has 2 N–H and O–H groups in total. The van der Waals surface area contributed by atoms with Gasteiger partial charge in [0.25, 0.3) is 0 Å². The minimum atomic E-state index is -1.07. The van der Waals surface area contributed by atoms with E-state index < -0.39 is 11.4 Å². The zero-order valence-corrected chi connectivity index (χ0v) is 19.5.